The predicted octanol–water partition coefficient (Wildman–Crippen LogP) is 4.41. The van der Waals surface area contributed by atoms with E-state index in [1.807, 2.05) is 38.1 Å². The quantitative estimate of drug-likeness (QED) is 0.832. The first-order chi connectivity index (χ1) is 9.63. The minimum atomic E-state index is 0.675. The molecular formula is C17H29NO2. The van der Waals surface area contributed by atoms with Gasteiger partial charge in [0.05, 0.1) is 0 Å². The summed E-state index contributed by atoms with van der Waals surface area (Å²) in [6.07, 6.45) is 6.62. The van der Waals surface area contributed by atoms with Gasteiger partial charge in [-0.15, -0.1) is 0 Å². The van der Waals surface area contributed by atoms with Crippen LogP contribution in [0, 0.1) is 12.8 Å². The fourth-order valence-corrected chi connectivity index (χ4v) is 1.93. The molecule has 1 N–H and O–H groups in total. The average Bonchev–Trinajstić information content (AvgIpc) is 2.91. The van der Waals surface area contributed by atoms with E-state index in [1.165, 1.54) is 25.7 Å². The van der Waals surface area contributed by atoms with Crippen molar-refractivity contribution < 1.29 is 9.53 Å². The molecule has 20 heavy (non-hydrogen) atoms. The van der Waals surface area contributed by atoms with Gasteiger partial charge >= 0.3 is 0 Å². The zero-order valence-electron chi connectivity index (χ0n) is 13.3. The van der Waals surface area contributed by atoms with Crippen molar-refractivity contribution in [2.45, 2.75) is 46.5 Å². The third-order valence-corrected chi connectivity index (χ3v) is 3.18. The summed E-state index contributed by atoms with van der Waals surface area (Å²) >= 11 is 0. The second kappa shape index (κ2) is 12.7. The molecule has 0 spiro atoms. The molecule has 1 aliphatic carbocycles. The molecule has 1 aromatic rings. The van der Waals surface area contributed by atoms with Crippen molar-refractivity contribution >= 4 is 12.1 Å². The van der Waals surface area contributed by atoms with E-state index in [0.717, 1.165) is 23.8 Å². The highest BCUT2D eigenvalue weighted by atomic mass is 16.5. The van der Waals surface area contributed by atoms with E-state index in [-0.39, 0.29) is 0 Å². The van der Waals surface area contributed by atoms with Gasteiger partial charge in [-0.2, -0.15) is 0 Å². The van der Waals surface area contributed by atoms with Gasteiger partial charge in [0, 0.05) is 19.4 Å². The van der Waals surface area contributed by atoms with Gasteiger partial charge < -0.3 is 10.1 Å². The van der Waals surface area contributed by atoms with E-state index in [4.69, 9.17) is 0 Å². The van der Waals surface area contributed by atoms with E-state index in [0.29, 0.717) is 6.41 Å². The lowest BCUT2D eigenvalue weighted by molar-refractivity contribution is -0.105. The Balaban J connectivity index is 0.000000307. The van der Waals surface area contributed by atoms with Crippen LogP contribution in [0.1, 0.15) is 45.1 Å². The number of ether oxygens (including phenoxy) is 1. The first kappa shape index (κ1) is 18.7. The number of carbonyl (C=O) groups is 1. The number of carbonyl (C=O) groups excluding carboxylic acids is 1. The van der Waals surface area contributed by atoms with Crippen LogP contribution in [0.3, 0.4) is 0 Å². The fourth-order valence-electron chi connectivity index (χ4n) is 1.93. The summed E-state index contributed by atoms with van der Waals surface area (Å²) in [6, 6.07) is 7.65. The van der Waals surface area contributed by atoms with Gasteiger partial charge in [0.2, 0.25) is 6.41 Å². The van der Waals surface area contributed by atoms with E-state index >= 15 is 0 Å². The lowest BCUT2D eigenvalue weighted by Crippen LogP contribution is -1.92. The van der Waals surface area contributed by atoms with Crippen LogP contribution in [-0.4, -0.2) is 20.1 Å². The monoisotopic (exact) mass is 279 g/mol. The fraction of sp³-hybridized carbons (Fsp3) is 0.588. The van der Waals surface area contributed by atoms with Crippen LogP contribution in [0.4, 0.5) is 5.69 Å². The lowest BCUT2D eigenvalue weighted by Gasteiger charge is -1.97. The molecule has 1 amide bonds. The molecular weight excluding hydrogens is 250 g/mol. The maximum atomic E-state index is 9.97. The summed E-state index contributed by atoms with van der Waals surface area (Å²) in [5.74, 6) is 1.05. The molecule has 0 saturated heterocycles. The van der Waals surface area contributed by atoms with E-state index in [1.54, 1.807) is 7.11 Å². The molecule has 0 atom stereocenters. The van der Waals surface area contributed by atoms with Gasteiger partial charge in [0.15, 0.2) is 0 Å². The number of nitrogens with one attached hydrogen (secondary N) is 1. The molecule has 1 aliphatic rings. The van der Waals surface area contributed by atoms with Gasteiger partial charge in [0.1, 0.15) is 0 Å². The first-order valence-corrected chi connectivity index (χ1v) is 7.39. The molecule has 0 aromatic heterocycles. The molecule has 3 nitrogen and oxygen atoms in total. The minimum absolute atomic E-state index is 0.675. The van der Waals surface area contributed by atoms with E-state index in [2.05, 4.69) is 17.0 Å². The number of rotatable bonds is 3. The molecule has 0 radical (unpaired) electrons. The van der Waals surface area contributed by atoms with Crippen molar-refractivity contribution in [1.29, 1.82) is 0 Å². The zero-order chi connectivity index (χ0) is 15.2. The molecule has 0 unspecified atom stereocenters. The summed E-state index contributed by atoms with van der Waals surface area (Å²) < 4.78 is 4.54. The molecule has 1 fully saturated rings. The van der Waals surface area contributed by atoms with Crippen molar-refractivity contribution in [3.05, 3.63) is 29.8 Å². The van der Waals surface area contributed by atoms with Crippen molar-refractivity contribution in [2.24, 2.45) is 5.92 Å². The van der Waals surface area contributed by atoms with Crippen LogP contribution < -0.4 is 5.32 Å². The number of hydrogen-bond acceptors (Lipinski definition) is 2. The summed E-state index contributed by atoms with van der Waals surface area (Å²) in [5, 5.41) is 2.57. The van der Waals surface area contributed by atoms with Crippen LogP contribution >= 0.6 is 0 Å². The molecule has 3 heteroatoms. The number of methoxy groups -OCH3 is 1. The van der Waals surface area contributed by atoms with Crippen LogP contribution in [0.2, 0.25) is 0 Å². The third kappa shape index (κ3) is 10.6. The van der Waals surface area contributed by atoms with E-state index < -0.39 is 0 Å². The third-order valence-electron chi connectivity index (χ3n) is 3.18. The molecule has 0 heterocycles. The number of amides is 1. The highest BCUT2D eigenvalue weighted by Crippen LogP contribution is 2.22. The van der Waals surface area contributed by atoms with Gasteiger partial charge in [-0.05, 0) is 37.5 Å². The van der Waals surface area contributed by atoms with E-state index in [9.17, 15) is 4.79 Å². The van der Waals surface area contributed by atoms with Gasteiger partial charge in [-0.3, -0.25) is 4.79 Å². The normalized spacial score (nSPS) is 13.6. The Labute approximate surface area is 123 Å². The largest absolute Gasteiger partial charge is 0.385 e. The van der Waals surface area contributed by atoms with Crippen LogP contribution in [0.15, 0.2) is 24.3 Å². The lowest BCUT2D eigenvalue weighted by atomic mass is 10.2. The van der Waals surface area contributed by atoms with Crippen LogP contribution in [-0.2, 0) is 9.53 Å². The predicted molar refractivity (Wildman–Crippen MR) is 86.0 cm³/mol. The van der Waals surface area contributed by atoms with Crippen LogP contribution in [0.5, 0.6) is 0 Å². The Morgan fingerprint density at radius 1 is 1.35 bits per heavy atom. The van der Waals surface area contributed by atoms with Gasteiger partial charge in [-0.25, -0.2) is 0 Å². The summed E-state index contributed by atoms with van der Waals surface area (Å²) in [4.78, 5) is 9.97. The van der Waals surface area contributed by atoms with Crippen molar-refractivity contribution in [3.8, 4) is 0 Å². The SMILES string of the molecule is CC1CCCC1.CCOC.Cc1cccc(NC=O)c1. The Kier molecular flexibility index (Phi) is 11.8. The number of aryl methyl sites for hydroxylation is 1. The highest BCUT2D eigenvalue weighted by molar-refractivity contribution is 5.71. The Hall–Kier alpha value is -1.35. The molecule has 1 saturated carbocycles. The molecule has 2 rings (SSSR count). The molecule has 0 aliphatic heterocycles. The summed E-state index contributed by atoms with van der Waals surface area (Å²) in [5.41, 5.74) is 1.99. The summed E-state index contributed by atoms with van der Waals surface area (Å²) in [6.45, 7) is 7.10. The number of anilines is 1. The highest BCUT2D eigenvalue weighted by Gasteiger charge is 2.07. The Bertz CT molecular complexity index is 345. The Morgan fingerprint density at radius 3 is 2.30 bits per heavy atom. The number of hydrogen-bond donors (Lipinski definition) is 1. The molecule has 114 valence electrons. The smallest absolute Gasteiger partial charge is 0.211 e. The Morgan fingerprint density at radius 2 is 1.95 bits per heavy atom. The minimum Gasteiger partial charge on any atom is -0.385 e. The second-order valence-electron chi connectivity index (χ2n) is 5.10. The zero-order valence-corrected chi connectivity index (χ0v) is 13.3. The topological polar surface area (TPSA) is 38.3 Å². The number of benzene rings is 1. The molecule has 1 aromatic carbocycles. The van der Waals surface area contributed by atoms with Crippen LogP contribution in [0.25, 0.3) is 0 Å². The van der Waals surface area contributed by atoms with Crippen molar-refractivity contribution in [1.82, 2.24) is 0 Å². The van der Waals surface area contributed by atoms with Crippen molar-refractivity contribution in [2.75, 3.05) is 19.0 Å². The van der Waals surface area contributed by atoms with Crippen molar-refractivity contribution in [3.63, 3.8) is 0 Å². The summed E-state index contributed by atoms with van der Waals surface area (Å²) in [7, 11) is 1.68. The standard InChI is InChI=1S/C8H9NO.C6H12.C3H8O/c1-7-3-2-4-8(5-7)9-6-10;1-6-4-2-3-5-6;1-3-4-2/h2-6H,1H3,(H,9,10);6H,2-5H2,1H3;3H2,1-2H3. The maximum absolute atomic E-state index is 9.97. The first-order valence-electron chi connectivity index (χ1n) is 7.39. The van der Waals surface area contributed by atoms with Gasteiger partial charge in [-0.1, -0.05) is 44.7 Å². The average molecular weight is 279 g/mol. The maximum Gasteiger partial charge on any atom is 0.211 e. The second-order valence-corrected chi connectivity index (χ2v) is 5.10. The molecule has 0 bridgehead atoms. The van der Waals surface area contributed by atoms with Gasteiger partial charge in [0.25, 0.3) is 0 Å².